The Morgan fingerprint density at radius 1 is 1.29 bits per heavy atom. The van der Waals surface area contributed by atoms with E-state index >= 15 is 0 Å². The molecular weight excluding hydrogens is 530 g/mol. The number of halogens is 2. The number of pyridine rings is 1. The Kier molecular flexibility index (Phi) is 7.97. The van der Waals surface area contributed by atoms with Crippen molar-refractivity contribution in [1.82, 2.24) is 10.3 Å². The van der Waals surface area contributed by atoms with Gasteiger partial charge < -0.3 is 15.3 Å². The van der Waals surface area contributed by atoms with Crippen LogP contribution in [-0.4, -0.2) is 41.1 Å². The smallest absolute Gasteiger partial charge is 0.303 e. The monoisotopic (exact) mass is 557 g/mol. The number of nitrogens with zero attached hydrogens (tertiary/aromatic N) is 2. The zero-order valence-electron chi connectivity index (χ0n) is 19.9. The molecule has 2 atom stereocenters. The SMILES string of the molecule is Cc1c(N2CCC[C@H]2C)nc2ccc(Br)cc2c1C(=O)NC[C@@H](CCC(=O)O)c1ccccc1Cl. The van der Waals surface area contributed by atoms with Gasteiger partial charge in [-0.05, 0) is 62.9 Å². The highest BCUT2D eigenvalue weighted by molar-refractivity contribution is 9.10. The molecule has 0 saturated carbocycles. The minimum absolute atomic E-state index is 0.00702. The minimum Gasteiger partial charge on any atom is -0.481 e. The molecule has 1 aliphatic rings. The topological polar surface area (TPSA) is 82.5 Å². The molecule has 6 nitrogen and oxygen atoms in total. The van der Waals surface area contributed by atoms with Crippen molar-refractivity contribution in [2.75, 3.05) is 18.0 Å². The summed E-state index contributed by atoms with van der Waals surface area (Å²) in [4.78, 5) is 32.2. The van der Waals surface area contributed by atoms with Gasteiger partial charge in [-0.3, -0.25) is 9.59 Å². The summed E-state index contributed by atoms with van der Waals surface area (Å²) in [6.45, 7) is 5.35. The number of fused-ring (bicyclic) bond motifs is 1. The van der Waals surface area contributed by atoms with E-state index in [0.29, 0.717) is 23.0 Å². The Balaban J connectivity index is 1.69. The number of hydrogen-bond acceptors (Lipinski definition) is 4. The lowest BCUT2D eigenvalue weighted by atomic mass is 9.93. The Hall–Kier alpha value is -2.64. The maximum absolute atomic E-state index is 13.7. The largest absolute Gasteiger partial charge is 0.481 e. The van der Waals surface area contributed by atoms with Crippen LogP contribution in [0.3, 0.4) is 0 Å². The number of rotatable bonds is 8. The summed E-state index contributed by atoms with van der Waals surface area (Å²) in [6, 6.07) is 13.5. The molecule has 2 N–H and O–H groups in total. The molecule has 1 saturated heterocycles. The Labute approximate surface area is 218 Å². The molecule has 1 aromatic heterocycles. The fourth-order valence-electron chi connectivity index (χ4n) is 4.91. The molecule has 2 aromatic carbocycles. The van der Waals surface area contributed by atoms with Gasteiger partial charge in [-0.1, -0.05) is 45.7 Å². The van der Waals surface area contributed by atoms with E-state index in [2.05, 4.69) is 33.1 Å². The molecule has 1 fully saturated rings. The molecule has 1 amide bonds. The van der Waals surface area contributed by atoms with Crippen molar-refractivity contribution in [3.63, 3.8) is 0 Å². The highest BCUT2D eigenvalue weighted by Gasteiger charge is 2.27. The lowest BCUT2D eigenvalue weighted by molar-refractivity contribution is -0.137. The molecule has 184 valence electrons. The van der Waals surface area contributed by atoms with Gasteiger partial charge in [0.1, 0.15) is 5.82 Å². The van der Waals surface area contributed by atoms with Crippen LogP contribution in [0.25, 0.3) is 10.9 Å². The Morgan fingerprint density at radius 2 is 2.06 bits per heavy atom. The van der Waals surface area contributed by atoms with Crippen LogP contribution in [0.5, 0.6) is 0 Å². The number of benzene rings is 2. The van der Waals surface area contributed by atoms with Gasteiger partial charge in [0.05, 0.1) is 11.1 Å². The van der Waals surface area contributed by atoms with Crippen molar-refractivity contribution in [1.29, 1.82) is 0 Å². The first-order valence-electron chi connectivity index (χ1n) is 11.9. The zero-order chi connectivity index (χ0) is 25.1. The van der Waals surface area contributed by atoms with E-state index < -0.39 is 5.97 Å². The first-order valence-corrected chi connectivity index (χ1v) is 13.0. The number of hydrogen-bond donors (Lipinski definition) is 2. The third kappa shape index (κ3) is 5.62. The van der Waals surface area contributed by atoms with Crippen LogP contribution in [0.2, 0.25) is 5.02 Å². The van der Waals surface area contributed by atoms with E-state index in [-0.39, 0.29) is 24.8 Å². The minimum atomic E-state index is -0.876. The lowest BCUT2D eigenvalue weighted by Gasteiger charge is -2.26. The van der Waals surface area contributed by atoms with Crippen LogP contribution in [0.1, 0.15) is 60.0 Å². The highest BCUT2D eigenvalue weighted by Crippen LogP contribution is 2.34. The third-order valence-electron chi connectivity index (χ3n) is 6.78. The van der Waals surface area contributed by atoms with Gasteiger partial charge in [0.25, 0.3) is 5.91 Å². The zero-order valence-corrected chi connectivity index (χ0v) is 22.2. The number of carboxylic acids is 1. The van der Waals surface area contributed by atoms with Crippen LogP contribution in [0, 0.1) is 6.92 Å². The highest BCUT2D eigenvalue weighted by atomic mass is 79.9. The normalized spacial score (nSPS) is 16.5. The molecule has 35 heavy (non-hydrogen) atoms. The van der Waals surface area contributed by atoms with E-state index in [0.717, 1.165) is 51.7 Å². The van der Waals surface area contributed by atoms with E-state index in [4.69, 9.17) is 16.6 Å². The molecule has 2 heterocycles. The summed E-state index contributed by atoms with van der Waals surface area (Å²) in [7, 11) is 0. The molecule has 3 aromatic rings. The van der Waals surface area contributed by atoms with Gasteiger partial charge in [0.15, 0.2) is 0 Å². The van der Waals surface area contributed by atoms with Crippen LogP contribution >= 0.6 is 27.5 Å². The van der Waals surface area contributed by atoms with Crippen molar-refractivity contribution in [2.24, 2.45) is 0 Å². The maximum atomic E-state index is 13.7. The van der Waals surface area contributed by atoms with Gasteiger partial charge in [-0.2, -0.15) is 0 Å². The van der Waals surface area contributed by atoms with Crippen LogP contribution in [-0.2, 0) is 4.79 Å². The van der Waals surface area contributed by atoms with Crippen molar-refractivity contribution in [3.05, 3.63) is 68.7 Å². The average Bonchev–Trinajstić information content (AvgIpc) is 3.24. The predicted octanol–water partition coefficient (Wildman–Crippen LogP) is 6.33. The number of anilines is 1. The molecule has 0 radical (unpaired) electrons. The molecular formula is C27H29BrClN3O3. The quantitative estimate of drug-likeness (QED) is 0.338. The second kappa shape index (κ2) is 11.0. The second-order valence-corrected chi connectivity index (χ2v) is 10.5. The molecule has 0 bridgehead atoms. The molecule has 0 spiro atoms. The second-order valence-electron chi connectivity index (χ2n) is 9.14. The lowest BCUT2D eigenvalue weighted by Crippen LogP contribution is -2.32. The summed E-state index contributed by atoms with van der Waals surface area (Å²) < 4.78 is 0.873. The van der Waals surface area contributed by atoms with Gasteiger partial charge in [0, 0.05) is 51.9 Å². The fourth-order valence-corrected chi connectivity index (χ4v) is 5.56. The van der Waals surface area contributed by atoms with Crippen molar-refractivity contribution >= 4 is 56.1 Å². The third-order valence-corrected chi connectivity index (χ3v) is 7.61. The Morgan fingerprint density at radius 3 is 2.74 bits per heavy atom. The van der Waals surface area contributed by atoms with Crippen LogP contribution in [0.15, 0.2) is 46.9 Å². The van der Waals surface area contributed by atoms with Crippen molar-refractivity contribution in [3.8, 4) is 0 Å². The molecule has 0 aliphatic carbocycles. The molecule has 0 unspecified atom stereocenters. The maximum Gasteiger partial charge on any atom is 0.303 e. The summed E-state index contributed by atoms with van der Waals surface area (Å²) in [5.74, 6) is -0.447. The van der Waals surface area contributed by atoms with Crippen molar-refractivity contribution < 1.29 is 14.7 Å². The number of carbonyl (C=O) groups is 2. The summed E-state index contributed by atoms with van der Waals surface area (Å²) >= 11 is 9.94. The Bertz CT molecular complexity index is 1270. The van der Waals surface area contributed by atoms with Crippen LogP contribution < -0.4 is 10.2 Å². The van der Waals surface area contributed by atoms with Gasteiger partial charge in [-0.15, -0.1) is 0 Å². The van der Waals surface area contributed by atoms with Gasteiger partial charge in [-0.25, -0.2) is 4.98 Å². The first-order chi connectivity index (χ1) is 16.8. The number of carboxylic acid groups (broad SMARTS) is 1. The molecule has 1 aliphatic heterocycles. The number of amides is 1. The number of aliphatic carboxylic acids is 1. The first kappa shape index (κ1) is 25.5. The summed E-state index contributed by atoms with van der Waals surface area (Å²) in [5.41, 5.74) is 3.05. The van der Waals surface area contributed by atoms with Gasteiger partial charge in [0.2, 0.25) is 0 Å². The van der Waals surface area contributed by atoms with Gasteiger partial charge >= 0.3 is 5.97 Å². The number of aromatic nitrogens is 1. The van der Waals surface area contributed by atoms with E-state index in [9.17, 15) is 14.7 Å². The van der Waals surface area contributed by atoms with E-state index in [1.165, 1.54) is 0 Å². The fraction of sp³-hybridized carbons (Fsp3) is 0.370. The van der Waals surface area contributed by atoms with Crippen LogP contribution in [0.4, 0.5) is 5.82 Å². The number of nitrogens with one attached hydrogen (secondary N) is 1. The summed E-state index contributed by atoms with van der Waals surface area (Å²) in [6.07, 6.45) is 2.57. The number of carbonyl (C=O) groups excluding carboxylic acids is 1. The molecule has 8 heteroatoms. The van der Waals surface area contributed by atoms with Crippen molar-refractivity contribution in [2.45, 2.75) is 51.5 Å². The van der Waals surface area contributed by atoms with E-state index in [1.54, 1.807) is 6.07 Å². The summed E-state index contributed by atoms with van der Waals surface area (Å²) in [5, 5.41) is 13.7. The predicted molar refractivity (Wildman–Crippen MR) is 144 cm³/mol. The molecule has 4 rings (SSSR count). The average molecular weight is 559 g/mol. The standard InChI is InChI=1S/C27H29BrClN3O3/c1-16-6-5-13-32(16)26-17(2)25(21-14-19(28)10-11-23(21)31-26)27(35)30-15-18(9-12-24(33)34)20-7-3-4-8-22(20)29/h3-4,7-8,10-11,14,16,18H,5-6,9,12-13,15H2,1-2H3,(H,30,35)(H,33,34)/t16-,18-/m1/s1. The van der Waals surface area contributed by atoms with E-state index in [1.807, 2.05) is 43.3 Å².